The molecule has 1 aliphatic heterocycles. The zero-order chi connectivity index (χ0) is 23.2. The van der Waals surface area contributed by atoms with Crippen LogP contribution >= 0.6 is 0 Å². The highest BCUT2D eigenvalue weighted by molar-refractivity contribution is 5.91. The molecule has 0 saturated carbocycles. The van der Waals surface area contributed by atoms with Crippen LogP contribution in [0.4, 0.5) is 0 Å². The molecule has 1 aromatic heterocycles. The first-order valence-corrected chi connectivity index (χ1v) is 10.9. The summed E-state index contributed by atoms with van der Waals surface area (Å²) in [5.74, 6) is 2.98. The summed E-state index contributed by atoms with van der Waals surface area (Å²) in [5, 5.41) is 6.90. The second kappa shape index (κ2) is 10.3. The zero-order valence-corrected chi connectivity index (χ0v) is 19.1. The number of rotatable bonds is 8. The number of methoxy groups -OCH3 is 1. The summed E-state index contributed by atoms with van der Waals surface area (Å²) in [6.07, 6.45) is 4.17. The highest BCUT2D eigenvalue weighted by Gasteiger charge is 2.19. The van der Waals surface area contributed by atoms with Gasteiger partial charge in [-0.2, -0.15) is 0 Å². The van der Waals surface area contributed by atoms with E-state index in [1.165, 1.54) is 11.6 Å². The molecule has 0 fully saturated rings. The van der Waals surface area contributed by atoms with Gasteiger partial charge in [0.1, 0.15) is 18.1 Å². The van der Waals surface area contributed by atoms with Crippen LogP contribution in [0.3, 0.4) is 0 Å². The standard InChI is InChI=1S/C26H28N2O5/c1-17-22(18(2)33-28-17)16-32-24-10-8-19(13-25(24)30-3)9-11-26(29)27-14-20-12-21-6-4-5-7-23(21)31-15-20/h4-11,13,20H,12,14-16H2,1-3H3,(H,27,29)/b11-9+. The molecule has 0 bridgehead atoms. The molecular formula is C26H28N2O5. The van der Waals surface area contributed by atoms with Crippen LogP contribution in [0.25, 0.3) is 6.08 Å². The largest absolute Gasteiger partial charge is 0.493 e. The quantitative estimate of drug-likeness (QED) is 0.519. The van der Waals surface area contributed by atoms with Gasteiger partial charge < -0.3 is 24.1 Å². The van der Waals surface area contributed by atoms with Crippen LogP contribution < -0.4 is 19.5 Å². The predicted molar refractivity (Wildman–Crippen MR) is 124 cm³/mol. The number of hydrogen-bond donors (Lipinski definition) is 1. The van der Waals surface area contributed by atoms with Crippen molar-refractivity contribution in [2.24, 2.45) is 5.92 Å². The van der Waals surface area contributed by atoms with Crippen LogP contribution in [0.15, 0.2) is 53.1 Å². The summed E-state index contributed by atoms with van der Waals surface area (Å²) in [4.78, 5) is 12.3. The fraction of sp³-hybridized carbons (Fsp3) is 0.308. The number of para-hydroxylation sites is 1. The molecule has 1 atom stereocenters. The normalized spacial score (nSPS) is 15.1. The van der Waals surface area contributed by atoms with Gasteiger partial charge >= 0.3 is 0 Å². The second-order valence-electron chi connectivity index (χ2n) is 8.07. The smallest absolute Gasteiger partial charge is 0.244 e. The molecule has 1 amide bonds. The molecule has 0 aliphatic carbocycles. The Balaban J connectivity index is 1.30. The number of fused-ring (bicyclic) bond motifs is 1. The van der Waals surface area contributed by atoms with Crippen molar-refractivity contribution < 1.29 is 23.5 Å². The van der Waals surface area contributed by atoms with E-state index < -0.39 is 0 Å². The molecule has 7 nitrogen and oxygen atoms in total. The van der Waals surface area contributed by atoms with Crippen molar-refractivity contribution in [3.63, 3.8) is 0 Å². The van der Waals surface area contributed by atoms with Gasteiger partial charge in [0.25, 0.3) is 0 Å². The van der Waals surface area contributed by atoms with Crippen LogP contribution in [-0.4, -0.2) is 31.3 Å². The molecule has 1 unspecified atom stereocenters. The molecule has 4 rings (SSSR count). The summed E-state index contributed by atoms with van der Waals surface area (Å²) in [6, 6.07) is 13.6. The average molecular weight is 449 g/mol. The van der Waals surface area contributed by atoms with E-state index in [1.807, 2.05) is 50.2 Å². The van der Waals surface area contributed by atoms with E-state index in [4.69, 9.17) is 18.7 Å². The van der Waals surface area contributed by atoms with Gasteiger partial charge in [0.15, 0.2) is 11.5 Å². The Labute approximate surface area is 193 Å². The van der Waals surface area contributed by atoms with E-state index >= 15 is 0 Å². The zero-order valence-electron chi connectivity index (χ0n) is 19.1. The maximum absolute atomic E-state index is 12.3. The lowest BCUT2D eigenvalue weighted by atomic mass is 9.97. The van der Waals surface area contributed by atoms with Gasteiger partial charge in [0.05, 0.1) is 25.0 Å². The summed E-state index contributed by atoms with van der Waals surface area (Å²) in [7, 11) is 1.59. The number of carbonyl (C=O) groups excluding carboxylic acids is 1. The number of aryl methyl sites for hydroxylation is 2. The maximum Gasteiger partial charge on any atom is 0.244 e. The Kier molecular flexibility index (Phi) is 6.98. The van der Waals surface area contributed by atoms with Gasteiger partial charge in [-0.25, -0.2) is 0 Å². The minimum Gasteiger partial charge on any atom is -0.493 e. The van der Waals surface area contributed by atoms with Crippen LogP contribution in [0.1, 0.15) is 28.1 Å². The maximum atomic E-state index is 12.3. The highest BCUT2D eigenvalue weighted by Crippen LogP contribution is 2.30. The number of nitrogens with one attached hydrogen (secondary N) is 1. The van der Waals surface area contributed by atoms with Crippen LogP contribution in [0, 0.1) is 19.8 Å². The third-order valence-corrected chi connectivity index (χ3v) is 5.69. The van der Waals surface area contributed by atoms with Gasteiger partial charge in [-0.15, -0.1) is 0 Å². The van der Waals surface area contributed by atoms with Crippen molar-refractivity contribution in [3.8, 4) is 17.2 Å². The van der Waals surface area contributed by atoms with Gasteiger partial charge in [0.2, 0.25) is 5.91 Å². The summed E-state index contributed by atoms with van der Waals surface area (Å²) in [6.45, 7) is 5.24. The molecule has 0 spiro atoms. The fourth-order valence-corrected chi connectivity index (χ4v) is 3.76. The number of carbonyl (C=O) groups is 1. The summed E-state index contributed by atoms with van der Waals surface area (Å²) >= 11 is 0. The second-order valence-corrected chi connectivity index (χ2v) is 8.07. The monoisotopic (exact) mass is 448 g/mol. The van der Waals surface area contributed by atoms with E-state index in [9.17, 15) is 4.79 Å². The van der Waals surface area contributed by atoms with Crippen molar-refractivity contribution in [2.45, 2.75) is 26.9 Å². The summed E-state index contributed by atoms with van der Waals surface area (Å²) < 4.78 is 22.3. The van der Waals surface area contributed by atoms with Crippen LogP contribution in [0.5, 0.6) is 17.2 Å². The Morgan fingerprint density at radius 3 is 2.85 bits per heavy atom. The lowest BCUT2D eigenvalue weighted by molar-refractivity contribution is -0.116. The lowest BCUT2D eigenvalue weighted by Gasteiger charge is -2.25. The van der Waals surface area contributed by atoms with Crippen molar-refractivity contribution in [1.29, 1.82) is 0 Å². The Morgan fingerprint density at radius 2 is 2.06 bits per heavy atom. The fourth-order valence-electron chi connectivity index (χ4n) is 3.76. The number of hydrogen-bond acceptors (Lipinski definition) is 6. The van der Waals surface area contributed by atoms with Crippen LogP contribution in [0.2, 0.25) is 0 Å². The first-order valence-electron chi connectivity index (χ1n) is 10.9. The highest BCUT2D eigenvalue weighted by atomic mass is 16.5. The van der Waals surface area contributed by atoms with E-state index in [1.54, 1.807) is 13.2 Å². The Bertz CT molecular complexity index is 1130. The van der Waals surface area contributed by atoms with Gasteiger partial charge in [-0.05, 0) is 55.7 Å². The topological polar surface area (TPSA) is 82.8 Å². The van der Waals surface area contributed by atoms with Crippen molar-refractivity contribution in [2.75, 3.05) is 20.3 Å². The van der Waals surface area contributed by atoms with E-state index in [-0.39, 0.29) is 11.8 Å². The molecule has 2 aromatic carbocycles. The molecule has 1 N–H and O–H groups in total. The molecule has 33 heavy (non-hydrogen) atoms. The molecular weight excluding hydrogens is 420 g/mol. The molecule has 0 radical (unpaired) electrons. The lowest BCUT2D eigenvalue weighted by Crippen LogP contribution is -2.33. The average Bonchev–Trinajstić information content (AvgIpc) is 3.17. The third kappa shape index (κ3) is 5.55. The van der Waals surface area contributed by atoms with Gasteiger partial charge in [-0.1, -0.05) is 29.4 Å². The van der Waals surface area contributed by atoms with E-state index in [0.29, 0.717) is 31.3 Å². The number of amides is 1. The molecule has 3 aromatic rings. The number of aromatic nitrogens is 1. The molecule has 7 heteroatoms. The molecule has 0 saturated heterocycles. The van der Waals surface area contributed by atoms with Crippen molar-refractivity contribution >= 4 is 12.0 Å². The van der Waals surface area contributed by atoms with Crippen LogP contribution in [-0.2, 0) is 17.8 Å². The SMILES string of the molecule is COc1cc(/C=C/C(=O)NCC2COc3ccccc3C2)ccc1OCc1c(C)noc1C. The Morgan fingerprint density at radius 1 is 1.21 bits per heavy atom. The number of nitrogens with zero attached hydrogens (tertiary/aromatic N) is 1. The first kappa shape index (κ1) is 22.5. The number of ether oxygens (including phenoxy) is 3. The third-order valence-electron chi connectivity index (χ3n) is 5.69. The first-order chi connectivity index (χ1) is 16.0. The molecule has 172 valence electrons. The van der Waals surface area contributed by atoms with Gasteiger partial charge in [0, 0.05) is 18.5 Å². The minimum absolute atomic E-state index is 0.147. The molecule has 2 heterocycles. The predicted octanol–water partition coefficient (Wildman–Crippen LogP) is 4.26. The summed E-state index contributed by atoms with van der Waals surface area (Å²) in [5.41, 5.74) is 3.74. The van der Waals surface area contributed by atoms with Crippen molar-refractivity contribution in [1.82, 2.24) is 10.5 Å². The van der Waals surface area contributed by atoms with Gasteiger partial charge in [-0.3, -0.25) is 4.79 Å². The number of benzene rings is 2. The van der Waals surface area contributed by atoms with Crippen molar-refractivity contribution in [3.05, 3.63) is 76.7 Å². The molecule has 1 aliphatic rings. The van der Waals surface area contributed by atoms with E-state index in [0.717, 1.165) is 34.8 Å². The Hall–Kier alpha value is -3.74. The minimum atomic E-state index is -0.147. The van der Waals surface area contributed by atoms with E-state index in [2.05, 4.69) is 16.5 Å².